The number of aliphatic carboxylic acids is 1. The number of hydrogen-bond acceptors (Lipinski definition) is 5. The van der Waals surface area contributed by atoms with Crippen molar-refractivity contribution in [1.82, 2.24) is 10.6 Å². The summed E-state index contributed by atoms with van der Waals surface area (Å²) in [6.07, 6.45) is -1.26. The van der Waals surface area contributed by atoms with Crippen LogP contribution in [0.2, 0.25) is 0 Å². The predicted molar refractivity (Wildman–Crippen MR) is 70.0 cm³/mol. The van der Waals surface area contributed by atoms with E-state index >= 15 is 0 Å². The van der Waals surface area contributed by atoms with E-state index in [-0.39, 0.29) is 5.76 Å². The van der Waals surface area contributed by atoms with Gasteiger partial charge in [0.05, 0.1) is 12.6 Å². The number of nitrogens with one attached hydrogen (secondary N) is 2. The zero-order chi connectivity index (χ0) is 15.3. The molecule has 1 rings (SSSR count). The van der Waals surface area contributed by atoms with Gasteiger partial charge >= 0.3 is 5.97 Å². The molecule has 0 saturated heterocycles. The van der Waals surface area contributed by atoms with Crippen molar-refractivity contribution in [3.8, 4) is 0 Å². The van der Waals surface area contributed by atoms with E-state index in [1.54, 1.807) is 0 Å². The molecule has 1 aromatic heterocycles. The fourth-order valence-corrected chi connectivity index (χ4v) is 1.60. The Morgan fingerprint density at radius 2 is 2.05 bits per heavy atom. The number of carbonyl (C=O) groups excluding carboxylic acids is 2. The largest absolute Gasteiger partial charge is 0.480 e. The topological polar surface area (TPSA) is 129 Å². The molecule has 0 radical (unpaired) electrons. The van der Waals surface area contributed by atoms with Crippen molar-refractivity contribution in [2.24, 2.45) is 0 Å². The third kappa shape index (κ3) is 4.67. The van der Waals surface area contributed by atoms with Gasteiger partial charge in [-0.15, -0.1) is 0 Å². The van der Waals surface area contributed by atoms with Crippen molar-refractivity contribution in [2.45, 2.75) is 19.1 Å². The van der Waals surface area contributed by atoms with Gasteiger partial charge in [-0.1, -0.05) is 0 Å². The maximum atomic E-state index is 11.5. The van der Waals surface area contributed by atoms with Crippen molar-refractivity contribution >= 4 is 33.7 Å². The molecule has 0 unspecified atom stereocenters. The third-order valence-corrected chi connectivity index (χ3v) is 2.70. The van der Waals surface area contributed by atoms with E-state index in [1.165, 1.54) is 19.1 Å². The average molecular weight is 349 g/mol. The van der Waals surface area contributed by atoms with Crippen LogP contribution in [0.25, 0.3) is 0 Å². The summed E-state index contributed by atoms with van der Waals surface area (Å²) in [5.74, 6) is -2.71. The van der Waals surface area contributed by atoms with E-state index < -0.39 is 36.5 Å². The normalized spacial score (nSPS) is 13.3. The summed E-state index contributed by atoms with van der Waals surface area (Å²) < 4.78 is 5.34. The second kappa shape index (κ2) is 7.06. The number of amides is 2. The molecule has 9 heteroatoms. The van der Waals surface area contributed by atoms with E-state index in [0.29, 0.717) is 4.67 Å². The summed E-state index contributed by atoms with van der Waals surface area (Å²) in [5.41, 5.74) is 0. The Balaban J connectivity index is 2.47. The van der Waals surface area contributed by atoms with Gasteiger partial charge in [0.25, 0.3) is 5.91 Å². The van der Waals surface area contributed by atoms with Gasteiger partial charge in [0.1, 0.15) is 0 Å². The molecule has 4 N–H and O–H groups in total. The number of halogens is 1. The van der Waals surface area contributed by atoms with Crippen molar-refractivity contribution in [2.75, 3.05) is 6.54 Å². The van der Waals surface area contributed by atoms with Crippen molar-refractivity contribution < 1.29 is 29.0 Å². The van der Waals surface area contributed by atoms with Gasteiger partial charge < -0.3 is 25.3 Å². The molecular formula is C11H13BrN2O6. The maximum Gasteiger partial charge on any atom is 0.328 e. The van der Waals surface area contributed by atoms with Gasteiger partial charge in [-0.05, 0) is 35.0 Å². The molecule has 0 aliphatic carbocycles. The molecule has 0 saturated carbocycles. The SMILES string of the molecule is C[C@@H](O)[C@H](NC(=O)CNC(=O)c1ccc(Br)o1)C(=O)O. The van der Waals surface area contributed by atoms with Crippen molar-refractivity contribution in [3.05, 3.63) is 22.6 Å². The minimum Gasteiger partial charge on any atom is -0.480 e. The molecule has 0 aromatic carbocycles. The standard InChI is InChI=1S/C11H13BrN2O6/c1-5(15)9(11(18)19)14-8(16)4-13-10(17)6-2-3-7(12)20-6/h2-3,5,9,15H,4H2,1H3,(H,13,17)(H,14,16)(H,18,19)/t5-,9+/m1/s1. The van der Waals surface area contributed by atoms with E-state index in [0.717, 1.165) is 0 Å². The van der Waals surface area contributed by atoms with Crippen LogP contribution in [0.15, 0.2) is 21.2 Å². The van der Waals surface area contributed by atoms with Gasteiger partial charge in [-0.2, -0.15) is 0 Å². The van der Waals surface area contributed by atoms with Gasteiger partial charge in [0.2, 0.25) is 5.91 Å². The molecule has 2 atom stereocenters. The van der Waals surface area contributed by atoms with Crippen LogP contribution in [-0.4, -0.2) is 46.7 Å². The van der Waals surface area contributed by atoms with Gasteiger partial charge in [0, 0.05) is 0 Å². The number of furan rings is 1. The molecular weight excluding hydrogens is 336 g/mol. The molecule has 0 bridgehead atoms. The van der Waals surface area contributed by atoms with Crippen LogP contribution in [0.4, 0.5) is 0 Å². The molecule has 0 spiro atoms. The summed E-state index contributed by atoms with van der Waals surface area (Å²) in [4.78, 5) is 33.8. The first-order valence-corrected chi connectivity index (χ1v) is 6.34. The van der Waals surface area contributed by atoms with E-state index in [2.05, 4.69) is 26.6 Å². The molecule has 0 aliphatic heterocycles. The third-order valence-electron chi connectivity index (χ3n) is 2.27. The van der Waals surface area contributed by atoms with Crippen LogP contribution in [0.1, 0.15) is 17.5 Å². The number of carboxylic acid groups (broad SMARTS) is 1. The fraction of sp³-hybridized carbons (Fsp3) is 0.364. The monoisotopic (exact) mass is 348 g/mol. The molecule has 0 fully saturated rings. The lowest BCUT2D eigenvalue weighted by Gasteiger charge is -2.16. The highest BCUT2D eigenvalue weighted by molar-refractivity contribution is 9.10. The maximum absolute atomic E-state index is 11.5. The zero-order valence-corrected chi connectivity index (χ0v) is 12.0. The molecule has 1 heterocycles. The zero-order valence-electron chi connectivity index (χ0n) is 10.4. The minimum absolute atomic E-state index is 0.00925. The molecule has 110 valence electrons. The average Bonchev–Trinajstić information content (AvgIpc) is 2.79. The quantitative estimate of drug-likeness (QED) is 0.559. The van der Waals surface area contributed by atoms with E-state index in [9.17, 15) is 19.5 Å². The molecule has 2 amide bonds. The smallest absolute Gasteiger partial charge is 0.328 e. The van der Waals surface area contributed by atoms with Crippen LogP contribution in [-0.2, 0) is 9.59 Å². The van der Waals surface area contributed by atoms with Crippen LogP contribution >= 0.6 is 15.9 Å². The Labute approximate surface area is 122 Å². The van der Waals surface area contributed by atoms with Crippen molar-refractivity contribution in [1.29, 1.82) is 0 Å². The molecule has 20 heavy (non-hydrogen) atoms. The predicted octanol–water partition coefficient (Wildman–Crippen LogP) is -0.278. The number of aliphatic hydroxyl groups excluding tert-OH is 1. The van der Waals surface area contributed by atoms with Crippen LogP contribution in [0, 0.1) is 0 Å². The number of hydrogen-bond donors (Lipinski definition) is 4. The number of carbonyl (C=O) groups is 3. The Kier molecular flexibility index (Phi) is 5.71. The lowest BCUT2D eigenvalue weighted by molar-refractivity contribution is -0.144. The van der Waals surface area contributed by atoms with Gasteiger partial charge in [-0.25, -0.2) is 4.79 Å². The Morgan fingerprint density at radius 1 is 1.40 bits per heavy atom. The van der Waals surface area contributed by atoms with Crippen LogP contribution in [0.3, 0.4) is 0 Å². The first-order valence-electron chi connectivity index (χ1n) is 5.55. The number of aliphatic hydroxyl groups is 1. The second-order valence-electron chi connectivity index (χ2n) is 3.91. The Bertz CT molecular complexity index is 513. The fourth-order valence-electron chi connectivity index (χ4n) is 1.30. The highest BCUT2D eigenvalue weighted by Gasteiger charge is 2.25. The van der Waals surface area contributed by atoms with E-state index in [1.807, 2.05) is 0 Å². The summed E-state index contributed by atoms with van der Waals surface area (Å²) in [6, 6.07) is 1.49. The summed E-state index contributed by atoms with van der Waals surface area (Å²) in [6.45, 7) is 0.797. The lowest BCUT2D eigenvalue weighted by Crippen LogP contribution is -2.50. The Hall–Kier alpha value is -1.87. The Morgan fingerprint density at radius 3 is 2.50 bits per heavy atom. The summed E-state index contributed by atoms with van der Waals surface area (Å²) >= 11 is 3.03. The van der Waals surface area contributed by atoms with E-state index in [4.69, 9.17) is 9.52 Å². The first-order chi connectivity index (χ1) is 9.31. The van der Waals surface area contributed by atoms with Gasteiger partial charge in [-0.3, -0.25) is 9.59 Å². The number of carboxylic acids is 1. The molecule has 1 aromatic rings. The highest BCUT2D eigenvalue weighted by Crippen LogP contribution is 2.13. The molecule has 8 nitrogen and oxygen atoms in total. The first kappa shape index (κ1) is 16.2. The molecule has 0 aliphatic rings. The minimum atomic E-state index is -1.43. The lowest BCUT2D eigenvalue weighted by atomic mass is 10.2. The summed E-state index contributed by atoms with van der Waals surface area (Å²) in [7, 11) is 0. The number of rotatable bonds is 6. The van der Waals surface area contributed by atoms with Crippen LogP contribution in [0.5, 0.6) is 0 Å². The summed E-state index contributed by atoms with van der Waals surface area (Å²) in [5, 5.41) is 22.3. The highest BCUT2D eigenvalue weighted by atomic mass is 79.9. The van der Waals surface area contributed by atoms with Gasteiger partial charge in [0.15, 0.2) is 16.5 Å². The second-order valence-corrected chi connectivity index (χ2v) is 4.69. The van der Waals surface area contributed by atoms with Crippen LogP contribution < -0.4 is 10.6 Å². The van der Waals surface area contributed by atoms with Crippen molar-refractivity contribution in [3.63, 3.8) is 0 Å².